The van der Waals surface area contributed by atoms with Crippen LogP contribution in [0.1, 0.15) is 24.7 Å². The molecule has 0 fully saturated rings. The van der Waals surface area contributed by atoms with Gasteiger partial charge in [-0.2, -0.15) is 0 Å². The van der Waals surface area contributed by atoms with Crippen molar-refractivity contribution in [2.45, 2.75) is 32.8 Å². The lowest BCUT2D eigenvalue weighted by Crippen LogP contribution is -2.01. The molecular weight excluding hydrogens is 220 g/mol. The van der Waals surface area contributed by atoms with Crippen LogP contribution < -0.4 is 0 Å². The summed E-state index contributed by atoms with van der Waals surface area (Å²) in [5.74, 6) is 0.961. The highest BCUT2D eigenvalue weighted by molar-refractivity contribution is 9.10. The molecule has 0 aliphatic heterocycles. The second-order valence-electron chi connectivity index (χ2n) is 3.04. The molecule has 68 valence electrons. The van der Waals surface area contributed by atoms with Crippen LogP contribution in [0.5, 0.6) is 0 Å². The lowest BCUT2D eigenvalue weighted by molar-refractivity contribution is 0.182. The Hall–Kier alpha value is -0.280. The van der Waals surface area contributed by atoms with E-state index in [2.05, 4.69) is 15.9 Å². The summed E-state index contributed by atoms with van der Waals surface area (Å²) < 4.78 is 6.13. The summed E-state index contributed by atoms with van der Waals surface area (Å²) in [5.41, 5.74) is 1.14. The number of aliphatic hydroxyl groups is 1. The van der Waals surface area contributed by atoms with Crippen LogP contribution in [0.4, 0.5) is 0 Å². The minimum Gasteiger partial charge on any atom is -0.454 e. The number of hydrogen-bond acceptors (Lipinski definition) is 2. The van der Waals surface area contributed by atoms with Crippen molar-refractivity contribution in [3.8, 4) is 0 Å². The number of aliphatic hydroxyl groups excluding tert-OH is 1. The Morgan fingerprint density at radius 1 is 1.67 bits per heavy atom. The van der Waals surface area contributed by atoms with Crippen LogP contribution in [0, 0.1) is 6.92 Å². The zero-order valence-electron chi connectivity index (χ0n) is 7.30. The quantitative estimate of drug-likeness (QED) is 0.870. The van der Waals surface area contributed by atoms with E-state index in [1.807, 2.05) is 13.0 Å². The number of rotatable bonds is 3. The summed E-state index contributed by atoms with van der Waals surface area (Å²) in [6, 6.07) is 1.94. The molecule has 12 heavy (non-hydrogen) atoms. The van der Waals surface area contributed by atoms with Gasteiger partial charge in [0.1, 0.15) is 5.76 Å². The Bertz CT molecular complexity index is 253. The highest BCUT2D eigenvalue weighted by atomic mass is 79.9. The molecule has 0 aliphatic rings. The fraction of sp³-hybridized carbons (Fsp3) is 0.556. The van der Waals surface area contributed by atoms with E-state index >= 15 is 0 Å². The maximum atomic E-state index is 9.06. The SMILES string of the molecule is Cc1cc(Br)oc1CC[C@@H](C)O. The zero-order chi connectivity index (χ0) is 9.14. The van der Waals surface area contributed by atoms with E-state index in [1.54, 1.807) is 6.92 Å². The number of aryl methyl sites for hydroxylation is 2. The summed E-state index contributed by atoms with van der Waals surface area (Å²) in [4.78, 5) is 0. The molecule has 0 aromatic carbocycles. The molecule has 3 heteroatoms. The molecule has 1 aromatic rings. The van der Waals surface area contributed by atoms with Crippen molar-refractivity contribution in [2.75, 3.05) is 0 Å². The molecule has 0 saturated heterocycles. The molecule has 0 unspecified atom stereocenters. The third-order valence-electron chi connectivity index (χ3n) is 1.78. The van der Waals surface area contributed by atoms with E-state index in [0.29, 0.717) is 0 Å². The molecule has 1 atom stereocenters. The Morgan fingerprint density at radius 3 is 2.75 bits per heavy atom. The summed E-state index contributed by atoms with van der Waals surface area (Å²) in [6.07, 6.45) is 1.30. The molecule has 1 rings (SSSR count). The van der Waals surface area contributed by atoms with Gasteiger partial charge in [0, 0.05) is 6.42 Å². The highest BCUT2D eigenvalue weighted by Gasteiger charge is 2.06. The van der Waals surface area contributed by atoms with Gasteiger partial charge in [-0.3, -0.25) is 0 Å². The fourth-order valence-electron chi connectivity index (χ4n) is 1.07. The van der Waals surface area contributed by atoms with Crippen molar-refractivity contribution >= 4 is 15.9 Å². The van der Waals surface area contributed by atoms with Crippen LogP contribution >= 0.6 is 15.9 Å². The van der Waals surface area contributed by atoms with Gasteiger partial charge in [-0.05, 0) is 47.8 Å². The van der Waals surface area contributed by atoms with Gasteiger partial charge in [0.05, 0.1) is 6.10 Å². The van der Waals surface area contributed by atoms with Gasteiger partial charge >= 0.3 is 0 Å². The van der Waals surface area contributed by atoms with E-state index in [9.17, 15) is 0 Å². The van der Waals surface area contributed by atoms with Gasteiger partial charge in [-0.1, -0.05) is 0 Å². The predicted molar refractivity (Wildman–Crippen MR) is 51.1 cm³/mol. The normalized spacial score (nSPS) is 13.3. The molecule has 1 aromatic heterocycles. The van der Waals surface area contributed by atoms with Crippen molar-refractivity contribution in [1.29, 1.82) is 0 Å². The first-order valence-electron chi connectivity index (χ1n) is 4.02. The van der Waals surface area contributed by atoms with Crippen LogP contribution in [-0.2, 0) is 6.42 Å². The van der Waals surface area contributed by atoms with Crippen molar-refractivity contribution in [3.05, 3.63) is 22.1 Å². The minimum atomic E-state index is -0.256. The van der Waals surface area contributed by atoms with Crippen molar-refractivity contribution in [3.63, 3.8) is 0 Å². The zero-order valence-corrected chi connectivity index (χ0v) is 8.89. The lowest BCUT2D eigenvalue weighted by atomic mass is 10.1. The lowest BCUT2D eigenvalue weighted by Gasteiger charge is -2.01. The maximum Gasteiger partial charge on any atom is 0.169 e. The molecular formula is C9H13BrO2. The van der Waals surface area contributed by atoms with Crippen LogP contribution in [0.2, 0.25) is 0 Å². The smallest absolute Gasteiger partial charge is 0.169 e. The first kappa shape index (κ1) is 9.81. The third-order valence-corrected chi connectivity index (χ3v) is 2.17. The monoisotopic (exact) mass is 232 g/mol. The first-order valence-corrected chi connectivity index (χ1v) is 4.81. The molecule has 1 heterocycles. The number of halogens is 1. The van der Waals surface area contributed by atoms with Crippen LogP contribution in [0.3, 0.4) is 0 Å². The Kier molecular flexibility index (Phi) is 3.35. The van der Waals surface area contributed by atoms with Crippen molar-refractivity contribution in [2.24, 2.45) is 0 Å². The fourth-order valence-corrected chi connectivity index (χ4v) is 1.61. The van der Waals surface area contributed by atoms with Crippen molar-refractivity contribution < 1.29 is 9.52 Å². The van der Waals surface area contributed by atoms with E-state index in [-0.39, 0.29) is 6.10 Å². The summed E-state index contributed by atoms with van der Waals surface area (Å²) in [7, 11) is 0. The molecule has 0 amide bonds. The van der Waals surface area contributed by atoms with Gasteiger partial charge in [0.15, 0.2) is 4.67 Å². The van der Waals surface area contributed by atoms with Crippen LogP contribution in [0.15, 0.2) is 15.2 Å². The Labute approximate surface area is 80.7 Å². The minimum absolute atomic E-state index is 0.256. The molecule has 1 N–H and O–H groups in total. The molecule has 0 aliphatic carbocycles. The van der Waals surface area contributed by atoms with Gasteiger partial charge in [-0.15, -0.1) is 0 Å². The van der Waals surface area contributed by atoms with E-state index in [4.69, 9.17) is 9.52 Å². The van der Waals surface area contributed by atoms with Gasteiger partial charge in [-0.25, -0.2) is 0 Å². The van der Waals surface area contributed by atoms with E-state index in [1.165, 1.54) is 0 Å². The topological polar surface area (TPSA) is 33.4 Å². The average Bonchev–Trinajstić information content (AvgIpc) is 2.26. The number of hydrogen-bond donors (Lipinski definition) is 1. The van der Waals surface area contributed by atoms with E-state index in [0.717, 1.165) is 28.8 Å². The number of furan rings is 1. The summed E-state index contributed by atoms with van der Waals surface area (Å²) in [6.45, 7) is 3.79. The molecule has 2 nitrogen and oxygen atoms in total. The summed E-state index contributed by atoms with van der Waals surface area (Å²) in [5, 5.41) is 9.06. The first-order chi connectivity index (χ1) is 5.59. The van der Waals surface area contributed by atoms with Gasteiger partial charge in [0.2, 0.25) is 0 Å². The van der Waals surface area contributed by atoms with Crippen LogP contribution in [-0.4, -0.2) is 11.2 Å². The average molecular weight is 233 g/mol. The Morgan fingerprint density at radius 2 is 2.33 bits per heavy atom. The summed E-state index contributed by atoms with van der Waals surface area (Å²) >= 11 is 3.26. The second-order valence-corrected chi connectivity index (χ2v) is 3.83. The third kappa shape index (κ3) is 2.64. The molecule has 0 spiro atoms. The van der Waals surface area contributed by atoms with Gasteiger partial charge < -0.3 is 9.52 Å². The second kappa shape index (κ2) is 4.10. The maximum absolute atomic E-state index is 9.06. The Balaban J connectivity index is 2.57. The molecule has 0 saturated carbocycles. The highest BCUT2D eigenvalue weighted by Crippen LogP contribution is 2.20. The predicted octanol–water partition coefficient (Wildman–Crippen LogP) is 2.66. The van der Waals surface area contributed by atoms with Crippen LogP contribution in [0.25, 0.3) is 0 Å². The van der Waals surface area contributed by atoms with Gasteiger partial charge in [0.25, 0.3) is 0 Å². The molecule has 0 bridgehead atoms. The van der Waals surface area contributed by atoms with E-state index < -0.39 is 0 Å². The standard InChI is InChI=1S/C9H13BrO2/c1-6-5-9(10)12-8(6)4-3-7(2)11/h5,7,11H,3-4H2,1-2H3/t7-/m1/s1. The largest absolute Gasteiger partial charge is 0.454 e. The van der Waals surface area contributed by atoms with Crippen molar-refractivity contribution in [1.82, 2.24) is 0 Å². The molecule has 0 radical (unpaired) electrons.